The second-order valence-corrected chi connectivity index (χ2v) is 5.02. The summed E-state index contributed by atoms with van der Waals surface area (Å²) in [7, 11) is 0. The lowest BCUT2D eigenvalue weighted by atomic mass is 10.1. The average molecular weight is 250 g/mol. The molecule has 1 rings (SSSR count). The van der Waals surface area contributed by atoms with Gasteiger partial charge in [-0.1, -0.05) is 13.8 Å². The van der Waals surface area contributed by atoms with Crippen LogP contribution in [0.3, 0.4) is 0 Å². The molecule has 0 aromatic carbocycles. The number of aromatic nitrogens is 1. The van der Waals surface area contributed by atoms with Gasteiger partial charge >= 0.3 is 0 Å². The molecule has 0 fully saturated rings. The van der Waals surface area contributed by atoms with Crippen molar-refractivity contribution in [2.45, 2.75) is 33.1 Å². The SMILES string of the molecule is CC(C)CNCCCOCCCc1ccncc1. The summed E-state index contributed by atoms with van der Waals surface area (Å²) in [6, 6.07) is 4.13. The quantitative estimate of drug-likeness (QED) is 0.648. The van der Waals surface area contributed by atoms with E-state index in [0.29, 0.717) is 0 Å². The van der Waals surface area contributed by atoms with E-state index in [0.717, 1.165) is 51.5 Å². The molecule has 0 aliphatic rings. The van der Waals surface area contributed by atoms with Gasteiger partial charge in [0.2, 0.25) is 0 Å². The zero-order valence-corrected chi connectivity index (χ0v) is 11.7. The largest absolute Gasteiger partial charge is 0.381 e. The smallest absolute Gasteiger partial charge is 0.0478 e. The van der Waals surface area contributed by atoms with Crippen LogP contribution < -0.4 is 5.32 Å². The highest BCUT2D eigenvalue weighted by molar-refractivity contribution is 5.09. The predicted molar refractivity (Wildman–Crippen MR) is 75.7 cm³/mol. The van der Waals surface area contributed by atoms with Crippen molar-refractivity contribution >= 4 is 0 Å². The number of ether oxygens (including phenoxy) is 1. The van der Waals surface area contributed by atoms with Gasteiger partial charge in [0, 0.05) is 25.6 Å². The van der Waals surface area contributed by atoms with E-state index in [1.54, 1.807) is 0 Å². The zero-order valence-electron chi connectivity index (χ0n) is 11.7. The summed E-state index contributed by atoms with van der Waals surface area (Å²) >= 11 is 0. The fraction of sp³-hybridized carbons (Fsp3) is 0.667. The summed E-state index contributed by atoms with van der Waals surface area (Å²) < 4.78 is 5.61. The Hall–Kier alpha value is -0.930. The van der Waals surface area contributed by atoms with E-state index < -0.39 is 0 Å². The Kier molecular flexibility index (Phi) is 8.43. The van der Waals surface area contributed by atoms with Crippen LogP contribution in [0.2, 0.25) is 0 Å². The maximum absolute atomic E-state index is 5.61. The number of rotatable bonds is 10. The van der Waals surface area contributed by atoms with Gasteiger partial charge in [0.05, 0.1) is 0 Å². The highest BCUT2D eigenvalue weighted by Crippen LogP contribution is 2.00. The van der Waals surface area contributed by atoms with E-state index in [9.17, 15) is 0 Å². The molecule has 1 heterocycles. The number of hydrogen-bond acceptors (Lipinski definition) is 3. The molecule has 0 aliphatic carbocycles. The van der Waals surface area contributed by atoms with E-state index in [1.165, 1.54) is 5.56 Å². The average Bonchev–Trinajstić information content (AvgIpc) is 2.37. The number of hydrogen-bond donors (Lipinski definition) is 1. The van der Waals surface area contributed by atoms with Crippen molar-refractivity contribution in [1.29, 1.82) is 0 Å². The van der Waals surface area contributed by atoms with Crippen LogP contribution in [-0.2, 0) is 11.2 Å². The number of aryl methyl sites for hydroxylation is 1. The maximum atomic E-state index is 5.61. The standard InChI is InChI=1S/C15H26N2O/c1-14(2)13-17-8-4-12-18-11-3-5-15-6-9-16-10-7-15/h6-7,9-10,14,17H,3-5,8,11-13H2,1-2H3. The van der Waals surface area contributed by atoms with Crippen molar-refractivity contribution in [3.05, 3.63) is 30.1 Å². The summed E-state index contributed by atoms with van der Waals surface area (Å²) in [6.45, 7) is 8.32. The van der Waals surface area contributed by atoms with Crippen LogP contribution in [0.25, 0.3) is 0 Å². The summed E-state index contributed by atoms with van der Waals surface area (Å²) in [4.78, 5) is 4.01. The Morgan fingerprint density at radius 3 is 2.61 bits per heavy atom. The minimum absolute atomic E-state index is 0.728. The highest BCUT2D eigenvalue weighted by atomic mass is 16.5. The van der Waals surface area contributed by atoms with Gasteiger partial charge in [0.1, 0.15) is 0 Å². The van der Waals surface area contributed by atoms with Crippen LogP contribution >= 0.6 is 0 Å². The lowest BCUT2D eigenvalue weighted by molar-refractivity contribution is 0.129. The van der Waals surface area contributed by atoms with Gasteiger partial charge in [-0.05, 0) is 56.0 Å². The minimum Gasteiger partial charge on any atom is -0.381 e. The Labute approximate surface area is 111 Å². The first-order chi connectivity index (χ1) is 8.79. The number of nitrogens with zero attached hydrogens (tertiary/aromatic N) is 1. The summed E-state index contributed by atoms with van der Waals surface area (Å²) in [5.41, 5.74) is 1.34. The van der Waals surface area contributed by atoms with Gasteiger partial charge in [0.25, 0.3) is 0 Å². The number of nitrogens with one attached hydrogen (secondary N) is 1. The fourth-order valence-corrected chi connectivity index (χ4v) is 1.72. The van der Waals surface area contributed by atoms with E-state index in [2.05, 4.69) is 36.3 Å². The molecule has 0 amide bonds. The third-order valence-electron chi connectivity index (χ3n) is 2.70. The molecule has 3 heteroatoms. The molecule has 0 spiro atoms. The van der Waals surface area contributed by atoms with Crippen molar-refractivity contribution in [2.75, 3.05) is 26.3 Å². The molecule has 0 saturated heterocycles. The van der Waals surface area contributed by atoms with Crippen LogP contribution in [0.15, 0.2) is 24.5 Å². The predicted octanol–water partition coefficient (Wildman–Crippen LogP) is 2.67. The van der Waals surface area contributed by atoms with Gasteiger partial charge in [-0.2, -0.15) is 0 Å². The molecular formula is C15H26N2O. The van der Waals surface area contributed by atoms with Crippen LogP contribution in [0, 0.1) is 5.92 Å². The summed E-state index contributed by atoms with van der Waals surface area (Å²) in [6.07, 6.45) is 6.95. The molecule has 3 nitrogen and oxygen atoms in total. The highest BCUT2D eigenvalue weighted by Gasteiger charge is 1.94. The van der Waals surface area contributed by atoms with Gasteiger partial charge in [0.15, 0.2) is 0 Å². The van der Waals surface area contributed by atoms with Gasteiger partial charge in [-0.15, -0.1) is 0 Å². The molecule has 1 N–H and O–H groups in total. The maximum Gasteiger partial charge on any atom is 0.0478 e. The van der Waals surface area contributed by atoms with Gasteiger partial charge in [-0.25, -0.2) is 0 Å². The monoisotopic (exact) mass is 250 g/mol. The lowest BCUT2D eigenvalue weighted by Gasteiger charge is -2.07. The summed E-state index contributed by atoms with van der Waals surface area (Å²) in [5.74, 6) is 0.728. The van der Waals surface area contributed by atoms with Crippen molar-refractivity contribution in [1.82, 2.24) is 10.3 Å². The van der Waals surface area contributed by atoms with E-state index in [4.69, 9.17) is 4.74 Å². The molecule has 0 saturated carbocycles. The molecule has 18 heavy (non-hydrogen) atoms. The van der Waals surface area contributed by atoms with Crippen LogP contribution in [0.5, 0.6) is 0 Å². The normalized spacial score (nSPS) is 11.1. The topological polar surface area (TPSA) is 34.1 Å². The van der Waals surface area contributed by atoms with Crippen LogP contribution in [-0.4, -0.2) is 31.3 Å². The molecule has 0 radical (unpaired) electrons. The third-order valence-corrected chi connectivity index (χ3v) is 2.70. The van der Waals surface area contributed by atoms with Crippen LogP contribution in [0.1, 0.15) is 32.3 Å². The molecule has 1 aromatic rings. The Morgan fingerprint density at radius 2 is 1.89 bits per heavy atom. The molecule has 0 aliphatic heterocycles. The summed E-state index contributed by atoms with van der Waals surface area (Å²) in [5, 5.41) is 3.41. The molecule has 102 valence electrons. The first-order valence-electron chi connectivity index (χ1n) is 6.96. The Bertz CT molecular complexity index is 288. The molecule has 1 aromatic heterocycles. The Balaban J connectivity index is 1.84. The van der Waals surface area contributed by atoms with Crippen molar-refractivity contribution in [3.8, 4) is 0 Å². The van der Waals surface area contributed by atoms with Gasteiger partial charge < -0.3 is 10.1 Å². The zero-order chi connectivity index (χ0) is 13.1. The second-order valence-electron chi connectivity index (χ2n) is 5.02. The lowest BCUT2D eigenvalue weighted by Crippen LogP contribution is -2.21. The number of pyridine rings is 1. The fourth-order valence-electron chi connectivity index (χ4n) is 1.72. The van der Waals surface area contributed by atoms with Gasteiger partial charge in [-0.3, -0.25) is 4.98 Å². The molecule has 0 bridgehead atoms. The first kappa shape index (κ1) is 15.1. The van der Waals surface area contributed by atoms with Crippen molar-refractivity contribution in [3.63, 3.8) is 0 Å². The minimum atomic E-state index is 0.728. The molecule has 0 unspecified atom stereocenters. The molecular weight excluding hydrogens is 224 g/mol. The van der Waals surface area contributed by atoms with Crippen LogP contribution in [0.4, 0.5) is 0 Å². The third kappa shape index (κ3) is 8.20. The van der Waals surface area contributed by atoms with E-state index in [-0.39, 0.29) is 0 Å². The second kappa shape index (κ2) is 10.0. The Morgan fingerprint density at radius 1 is 1.17 bits per heavy atom. The van der Waals surface area contributed by atoms with E-state index in [1.807, 2.05) is 12.4 Å². The van der Waals surface area contributed by atoms with Crippen molar-refractivity contribution in [2.24, 2.45) is 5.92 Å². The first-order valence-corrected chi connectivity index (χ1v) is 6.96. The van der Waals surface area contributed by atoms with E-state index >= 15 is 0 Å². The molecule has 0 atom stereocenters. The van der Waals surface area contributed by atoms with Crippen molar-refractivity contribution < 1.29 is 4.74 Å².